The van der Waals surface area contributed by atoms with Crippen molar-refractivity contribution in [1.29, 1.82) is 0 Å². The summed E-state index contributed by atoms with van der Waals surface area (Å²) >= 11 is 0. The Morgan fingerprint density at radius 1 is 1.25 bits per heavy atom. The van der Waals surface area contributed by atoms with E-state index in [9.17, 15) is 14.0 Å². The van der Waals surface area contributed by atoms with E-state index in [-0.39, 0.29) is 29.9 Å². The molecule has 0 radical (unpaired) electrons. The van der Waals surface area contributed by atoms with Gasteiger partial charge < -0.3 is 9.64 Å². The number of halogens is 1. The molecule has 0 saturated carbocycles. The molecule has 3 rings (SSSR count). The maximum absolute atomic E-state index is 13.8. The van der Waals surface area contributed by atoms with E-state index < -0.39 is 5.82 Å². The van der Waals surface area contributed by atoms with Gasteiger partial charge in [0.15, 0.2) is 5.78 Å². The molecular formula is C18H23FN2O3. The molecule has 1 aromatic carbocycles. The smallest absolute Gasteiger partial charge is 0.251 e. The van der Waals surface area contributed by atoms with Crippen molar-refractivity contribution in [3.05, 3.63) is 35.1 Å². The van der Waals surface area contributed by atoms with E-state index in [1.54, 1.807) is 12.1 Å². The number of carbonyl (C=O) groups is 2. The third kappa shape index (κ3) is 3.82. The molecule has 1 unspecified atom stereocenters. The summed E-state index contributed by atoms with van der Waals surface area (Å²) in [6, 6.07) is 4.58. The van der Waals surface area contributed by atoms with Crippen LogP contribution in [0.15, 0.2) is 18.2 Å². The highest BCUT2D eigenvalue weighted by Crippen LogP contribution is 2.16. The summed E-state index contributed by atoms with van der Waals surface area (Å²) in [4.78, 5) is 28.4. The zero-order chi connectivity index (χ0) is 17.1. The maximum Gasteiger partial charge on any atom is 0.251 e. The number of piperazine rings is 1. The molecule has 5 nitrogen and oxygen atoms in total. The van der Waals surface area contributed by atoms with E-state index in [0.29, 0.717) is 32.8 Å². The number of hydrogen-bond donors (Lipinski definition) is 0. The van der Waals surface area contributed by atoms with E-state index in [2.05, 4.69) is 0 Å². The quantitative estimate of drug-likeness (QED) is 0.786. The standard InChI is InChI=1S/C18H23FN2O3/c1-13-4-5-15(19)14(11-13)16(22)12-20-6-8-21(9-7-20)18(23)17-3-2-10-24-17/h4-5,11,17H,2-3,6-10,12H2,1H3. The van der Waals surface area contributed by atoms with Gasteiger partial charge in [0.05, 0.1) is 12.1 Å². The van der Waals surface area contributed by atoms with Crippen LogP contribution in [-0.2, 0) is 9.53 Å². The van der Waals surface area contributed by atoms with Crippen LogP contribution in [0.25, 0.3) is 0 Å². The predicted octanol–water partition coefficient (Wildman–Crippen LogP) is 1.64. The molecule has 6 heteroatoms. The Labute approximate surface area is 141 Å². The SMILES string of the molecule is Cc1ccc(F)c(C(=O)CN2CCN(C(=O)C3CCCO3)CC2)c1. The topological polar surface area (TPSA) is 49.9 Å². The van der Waals surface area contributed by atoms with Crippen molar-refractivity contribution in [1.82, 2.24) is 9.80 Å². The number of rotatable bonds is 4. The van der Waals surface area contributed by atoms with Gasteiger partial charge in [-0.15, -0.1) is 0 Å². The lowest BCUT2D eigenvalue weighted by Crippen LogP contribution is -2.52. The molecule has 0 bridgehead atoms. The van der Waals surface area contributed by atoms with Gasteiger partial charge in [0, 0.05) is 32.8 Å². The molecule has 0 aromatic heterocycles. The van der Waals surface area contributed by atoms with Crippen molar-refractivity contribution < 1.29 is 18.7 Å². The Bertz CT molecular complexity index is 621. The largest absolute Gasteiger partial charge is 0.368 e. The first-order valence-electron chi connectivity index (χ1n) is 8.46. The Morgan fingerprint density at radius 2 is 2.00 bits per heavy atom. The van der Waals surface area contributed by atoms with E-state index in [4.69, 9.17) is 4.74 Å². The average molecular weight is 334 g/mol. The monoisotopic (exact) mass is 334 g/mol. The van der Waals surface area contributed by atoms with E-state index >= 15 is 0 Å². The molecule has 1 aromatic rings. The van der Waals surface area contributed by atoms with Crippen LogP contribution >= 0.6 is 0 Å². The van der Waals surface area contributed by atoms with Gasteiger partial charge in [-0.05, 0) is 31.9 Å². The molecule has 2 fully saturated rings. The first-order valence-corrected chi connectivity index (χ1v) is 8.46. The van der Waals surface area contributed by atoms with Crippen LogP contribution in [0.3, 0.4) is 0 Å². The van der Waals surface area contributed by atoms with Crippen LogP contribution in [0.1, 0.15) is 28.8 Å². The third-order valence-electron chi connectivity index (χ3n) is 4.68. The van der Waals surface area contributed by atoms with Crippen molar-refractivity contribution in [3.63, 3.8) is 0 Å². The summed E-state index contributed by atoms with van der Waals surface area (Å²) in [7, 11) is 0. The van der Waals surface area contributed by atoms with Crippen LogP contribution in [0.4, 0.5) is 4.39 Å². The van der Waals surface area contributed by atoms with Crippen LogP contribution in [0.2, 0.25) is 0 Å². The fourth-order valence-corrected chi connectivity index (χ4v) is 3.24. The van der Waals surface area contributed by atoms with E-state index in [0.717, 1.165) is 18.4 Å². The highest BCUT2D eigenvalue weighted by atomic mass is 19.1. The van der Waals surface area contributed by atoms with E-state index in [1.807, 2.05) is 16.7 Å². The van der Waals surface area contributed by atoms with Crippen LogP contribution < -0.4 is 0 Å². The summed E-state index contributed by atoms with van der Waals surface area (Å²) in [6.07, 6.45) is 1.44. The van der Waals surface area contributed by atoms with Gasteiger partial charge in [0.1, 0.15) is 11.9 Å². The second-order valence-electron chi connectivity index (χ2n) is 6.51. The lowest BCUT2D eigenvalue weighted by atomic mass is 10.1. The van der Waals surface area contributed by atoms with Gasteiger partial charge in [0.2, 0.25) is 0 Å². The fraction of sp³-hybridized carbons (Fsp3) is 0.556. The van der Waals surface area contributed by atoms with Crippen LogP contribution in [-0.4, -0.2) is 66.9 Å². The normalized spacial score (nSPS) is 21.9. The van der Waals surface area contributed by atoms with Gasteiger partial charge in [-0.3, -0.25) is 14.5 Å². The number of aryl methyl sites for hydroxylation is 1. The lowest BCUT2D eigenvalue weighted by Gasteiger charge is -2.35. The maximum atomic E-state index is 13.8. The molecular weight excluding hydrogens is 311 g/mol. The highest BCUT2D eigenvalue weighted by molar-refractivity contribution is 5.98. The zero-order valence-corrected chi connectivity index (χ0v) is 14.0. The molecule has 0 aliphatic carbocycles. The number of benzene rings is 1. The van der Waals surface area contributed by atoms with Crippen molar-refractivity contribution in [2.75, 3.05) is 39.3 Å². The molecule has 0 N–H and O–H groups in total. The third-order valence-corrected chi connectivity index (χ3v) is 4.68. The zero-order valence-electron chi connectivity index (χ0n) is 14.0. The molecule has 2 aliphatic rings. The number of amides is 1. The molecule has 2 heterocycles. The average Bonchev–Trinajstić information content (AvgIpc) is 3.11. The highest BCUT2D eigenvalue weighted by Gasteiger charge is 2.30. The predicted molar refractivity (Wildman–Crippen MR) is 87.5 cm³/mol. The van der Waals surface area contributed by atoms with Crippen molar-refractivity contribution in [2.45, 2.75) is 25.9 Å². The summed E-state index contributed by atoms with van der Waals surface area (Å²) in [5, 5.41) is 0. The second-order valence-corrected chi connectivity index (χ2v) is 6.51. The summed E-state index contributed by atoms with van der Waals surface area (Å²) < 4.78 is 19.2. The van der Waals surface area contributed by atoms with Crippen molar-refractivity contribution in [3.8, 4) is 0 Å². The van der Waals surface area contributed by atoms with Crippen molar-refractivity contribution >= 4 is 11.7 Å². The second kappa shape index (κ2) is 7.40. The fourth-order valence-electron chi connectivity index (χ4n) is 3.24. The van der Waals surface area contributed by atoms with E-state index in [1.165, 1.54) is 6.07 Å². The first-order chi connectivity index (χ1) is 11.5. The number of nitrogens with zero attached hydrogens (tertiary/aromatic N) is 2. The molecule has 1 amide bonds. The van der Waals surface area contributed by atoms with Crippen LogP contribution in [0.5, 0.6) is 0 Å². The Morgan fingerprint density at radius 3 is 2.67 bits per heavy atom. The first kappa shape index (κ1) is 17.0. The number of carbonyl (C=O) groups excluding carboxylic acids is 2. The van der Waals surface area contributed by atoms with Gasteiger partial charge in [-0.25, -0.2) is 4.39 Å². The van der Waals surface area contributed by atoms with Crippen molar-refractivity contribution in [2.24, 2.45) is 0 Å². The molecule has 24 heavy (non-hydrogen) atoms. The Balaban J connectivity index is 1.52. The summed E-state index contributed by atoms with van der Waals surface area (Å²) in [5.74, 6) is -0.629. The van der Waals surface area contributed by atoms with Gasteiger partial charge in [-0.1, -0.05) is 11.6 Å². The summed E-state index contributed by atoms with van der Waals surface area (Å²) in [5.41, 5.74) is 1.01. The minimum Gasteiger partial charge on any atom is -0.368 e. The lowest BCUT2D eigenvalue weighted by molar-refractivity contribution is -0.142. The summed E-state index contributed by atoms with van der Waals surface area (Å²) in [6.45, 7) is 5.10. The van der Waals surface area contributed by atoms with Gasteiger partial charge in [0.25, 0.3) is 5.91 Å². The minimum atomic E-state index is -0.474. The Hall–Kier alpha value is -1.79. The van der Waals surface area contributed by atoms with Gasteiger partial charge in [-0.2, -0.15) is 0 Å². The molecule has 0 spiro atoms. The number of ether oxygens (including phenoxy) is 1. The molecule has 1 atom stereocenters. The van der Waals surface area contributed by atoms with Gasteiger partial charge >= 0.3 is 0 Å². The minimum absolute atomic E-state index is 0.0585. The van der Waals surface area contributed by atoms with Crippen LogP contribution in [0, 0.1) is 12.7 Å². The molecule has 130 valence electrons. The molecule has 2 aliphatic heterocycles. The number of ketones is 1. The number of hydrogen-bond acceptors (Lipinski definition) is 4. The Kier molecular flexibility index (Phi) is 5.26. The number of Topliss-reactive ketones (excluding diaryl/α,β-unsaturated/α-hetero) is 1. The molecule has 2 saturated heterocycles.